The van der Waals surface area contributed by atoms with Crippen LogP contribution in [-0.4, -0.2) is 24.7 Å². The van der Waals surface area contributed by atoms with Gasteiger partial charge in [0.2, 0.25) is 0 Å². The molecule has 2 aliphatic heterocycles. The molecule has 0 unspecified atom stereocenters. The summed E-state index contributed by atoms with van der Waals surface area (Å²) in [6.45, 7) is 1.83. The van der Waals surface area contributed by atoms with Gasteiger partial charge in [0.15, 0.2) is 0 Å². The van der Waals surface area contributed by atoms with Crippen LogP contribution in [0.25, 0.3) is 0 Å². The topological polar surface area (TPSA) is 38.3 Å². The molecule has 0 radical (unpaired) electrons. The Morgan fingerprint density at radius 3 is 2.63 bits per heavy atom. The van der Waals surface area contributed by atoms with E-state index in [0.29, 0.717) is 6.42 Å². The molecule has 1 atom stereocenters. The average molecular weight is 263 g/mol. The standard InChI is InChI=1S/C15H18FNO2/c16-13-3-1-11(2-4-13)9-12-10-15(19-14(12)18)5-7-17-8-6-15/h1-4,12,17H,5-10H2/t12-/m0/s1. The maximum absolute atomic E-state index is 12.9. The Balaban J connectivity index is 1.68. The van der Waals surface area contributed by atoms with E-state index in [1.807, 2.05) is 0 Å². The van der Waals surface area contributed by atoms with Gasteiger partial charge in [-0.3, -0.25) is 4.79 Å². The number of hydrogen-bond donors (Lipinski definition) is 1. The molecule has 0 bridgehead atoms. The number of ether oxygens (including phenoxy) is 1. The van der Waals surface area contributed by atoms with E-state index in [4.69, 9.17) is 4.74 Å². The second-order valence-electron chi connectivity index (χ2n) is 5.59. The summed E-state index contributed by atoms with van der Waals surface area (Å²) in [5.74, 6) is -0.414. The van der Waals surface area contributed by atoms with E-state index in [1.165, 1.54) is 12.1 Å². The number of carbonyl (C=O) groups is 1. The molecule has 1 N–H and O–H groups in total. The van der Waals surface area contributed by atoms with Crippen LogP contribution < -0.4 is 5.32 Å². The van der Waals surface area contributed by atoms with E-state index in [2.05, 4.69) is 5.32 Å². The van der Waals surface area contributed by atoms with Gasteiger partial charge in [-0.2, -0.15) is 0 Å². The van der Waals surface area contributed by atoms with E-state index >= 15 is 0 Å². The van der Waals surface area contributed by atoms with E-state index < -0.39 is 0 Å². The average Bonchev–Trinajstić information content (AvgIpc) is 2.69. The van der Waals surface area contributed by atoms with E-state index in [9.17, 15) is 9.18 Å². The van der Waals surface area contributed by atoms with Crippen molar-refractivity contribution in [3.05, 3.63) is 35.6 Å². The van der Waals surface area contributed by atoms with Crippen molar-refractivity contribution < 1.29 is 13.9 Å². The second kappa shape index (κ2) is 4.93. The summed E-state index contributed by atoms with van der Waals surface area (Å²) in [5.41, 5.74) is 0.752. The van der Waals surface area contributed by atoms with Crippen molar-refractivity contribution in [1.82, 2.24) is 5.32 Å². The zero-order chi connectivity index (χ0) is 13.3. The number of nitrogens with one attached hydrogen (secondary N) is 1. The first-order valence-corrected chi connectivity index (χ1v) is 6.85. The number of halogens is 1. The van der Waals surface area contributed by atoms with Crippen molar-refractivity contribution in [3.8, 4) is 0 Å². The van der Waals surface area contributed by atoms with Crippen molar-refractivity contribution in [1.29, 1.82) is 0 Å². The van der Waals surface area contributed by atoms with Gasteiger partial charge in [-0.25, -0.2) is 4.39 Å². The maximum atomic E-state index is 12.9. The summed E-state index contributed by atoms with van der Waals surface area (Å²) in [5, 5.41) is 3.29. The zero-order valence-corrected chi connectivity index (χ0v) is 10.8. The van der Waals surface area contributed by atoms with E-state index in [-0.39, 0.29) is 23.3 Å². The number of carbonyl (C=O) groups excluding carboxylic acids is 1. The van der Waals surface area contributed by atoms with Crippen LogP contribution >= 0.6 is 0 Å². The van der Waals surface area contributed by atoms with Crippen LogP contribution in [0.1, 0.15) is 24.8 Å². The van der Waals surface area contributed by atoms with Crippen LogP contribution in [0.5, 0.6) is 0 Å². The predicted octanol–water partition coefficient (Wildman–Crippen LogP) is 2.05. The Bertz CT molecular complexity index is 466. The first kappa shape index (κ1) is 12.6. The van der Waals surface area contributed by atoms with Crippen molar-refractivity contribution in [3.63, 3.8) is 0 Å². The first-order chi connectivity index (χ1) is 9.17. The quantitative estimate of drug-likeness (QED) is 0.830. The molecule has 3 nitrogen and oxygen atoms in total. The zero-order valence-electron chi connectivity index (χ0n) is 10.8. The van der Waals surface area contributed by atoms with Crippen molar-refractivity contribution in [2.24, 2.45) is 5.92 Å². The van der Waals surface area contributed by atoms with Crippen LogP contribution in [0.15, 0.2) is 24.3 Å². The fourth-order valence-electron chi connectivity index (χ4n) is 3.12. The summed E-state index contributed by atoms with van der Waals surface area (Å²) >= 11 is 0. The SMILES string of the molecule is O=C1OC2(CCNCC2)C[C@@H]1Cc1ccc(F)cc1. The van der Waals surface area contributed by atoms with Gasteiger partial charge in [0, 0.05) is 6.42 Å². The third-order valence-corrected chi connectivity index (χ3v) is 4.18. The van der Waals surface area contributed by atoms with Crippen molar-refractivity contribution >= 4 is 5.97 Å². The largest absolute Gasteiger partial charge is 0.459 e. The minimum atomic E-state index is -0.243. The normalized spacial score (nSPS) is 25.5. The highest BCUT2D eigenvalue weighted by atomic mass is 19.1. The summed E-state index contributed by atoms with van der Waals surface area (Å²) in [6, 6.07) is 6.37. The minimum Gasteiger partial charge on any atom is -0.459 e. The number of piperidine rings is 1. The molecule has 0 amide bonds. The molecule has 1 aromatic carbocycles. The minimum absolute atomic E-state index is 0.0800. The monoisotopic (exact) mass is 263 g/mol. The number of hydrogen-bond acceptors (Lipinski definition) is 3. The summed E-state index contributed by atoms with van der Waals surface area (Å²) in [7, 11) is 0. The number of esters is 1. The lowest BCUT2D eigenvalue weighted by atomic mass is 9.84. The van der Waals surface area contributed by atoms with Gasteiger partial charge in [-0.1, -0.05) is 12.1 Å². The Hall–Kier alpha value is -1.42. The smallest absolute Gasteiger partial charge is 0.309 e. The molecule has 1 spiro atoms. The van der Waals surface area contributed by atoms with Crippen molar-refractivity contribution in [2.75, 3.05) is 13.1 Å². The molecular formula is C15H18FNO2. The van der Waals surface area contributed by atoms with E-state index in [0.717, 1.165) is 37.9 Å². The highest BCUT2D eigenvalue weighted by molar-refractivity contribution is 5.75. The van der Waals surface area contributed by atoms with Gasteiger partial charge < -0.3 is 10.1 Å². The van der Waals surface area contributed by atoms with Crippen LogP contribution in [0.4, 0.5) is 4.39 Å². The third-order valence-electron chi connectivity index (χ3n) is 4.18. The molecule has 0 aromatic heterocycles. The fourth-order valence-corrected chi connectivity index (χ4v) is 3.12. The van der Waals surface area contributed by atoms with Gasteiger partial charge >= 0.3 is 5.97 Å². The second-order valence-corrected chi connectivity index (χ2v) is 5.59. The van der Waals surface area contributed by atoms with Gasteiger partial charge in [-0.15, -0.1) is 0 Å². The lowest BCUT2D eigenvalue weighted by Crippen LogP contribution is -2.41. The molecule has 2 fully saturated rings. The fraction of sp³-hybridized carbons (Fsp3) is 0.533. The lowest BCUT2D eigenvalue weighted by Gasteiger charge is -2.32. The Morgan fingerprint density at radius 2 is 1.95 bits per heavy atom. The van der Waals surface area contributed by atoms with Gasteiger partial charge in [-0.05, 0) is 50.0 Å². The molecular weight excluding hydrogens is 245 g/mol. The molecule has 19 heavy (non-hydrogen) atoms. The van der Waals surface area contributed by atoms with Crippen LogP contribution in [-0.2, 0) is 16.0 Å². The third kappa shape index (κ3) is 2.63. The molecule has 1 aromatic rings. The molecule has 2 aliphatic rings. The maximum Gasteiger partial charge on any atom is 0.309 e. The summed E-state index contributed by atoms with van der Waals surface area (Å²) < 4.78 is 18.5. The highest BCUT2D eigenvalue weighted by Crippen LogP contribution is 2.39. The first-order valence-electron chi connectivity index (χ1n) is 6.85. The number of rotatable bonds is 2. The molecule has 0 saturated carbocycles. The van der Waals surface area contributed by atoms with Crippen LogP contribution in [0.2, 0.25) is 0 Å². The van der Waals surface area contributed by atoms with Crippen LogP contribution in [0, 0.1) is 11.7 Å². The van der Waals surface area contributed by atoms with E-state index in [1.54, 1.807) is 12.1 Å². The van der Waals surface area contributed by atoms with Gasteiger partial charge in [0.25, 0.3) is 0 Å². The molecule has 0 aliphatic carbocycles. The Kier molecular flexibility index (Phi) is 3.27. The van der Waals surface area contributed by atoms with Gasteiger partial charge in [0.1, 0.15) is 11.4 Å². The molecule has 102 valence electrons. The summed E-state index contributed by atoms with van der Waals surface area (Å²) in [6.07, 6.45) is 3.25. The van der Waals surface area contributed by atoms with Crippen LogP contribution in [0.3, 0.4) is 0 Å². The summed E-state index contributed by atoms with van der Waals surface area (Å²) in [4.78, 5) is 12.0. The van der Waals surface area contributed by atoms with Crippen molar-refractivity contribution in [2.45, 2.75) is 31.3 Å². The Morgan fingerprint density at radius 1 is 1.26 bits per heavy atom. The predicted molar refractivity (Wildman–Crippen MR) is 69.1 cm³/mol. The lowest BCUT2D eigenvalue weighted by molar-refractivity contribution is -0.152. The molecule has 2 heterocycles. The molecule has 3 rings (SSSR count). The molecule has 2 saturated heterocycles. The Labute approximate surface area is 112 Å². The molecule has 4 heteroatoms. The highest BCUT2D eigenvalue weighted by Gasteiger charge is 2.46. The number of benzene rings is 1. The van der Waals surface area contributed by atoms with Gasteiger partial charge in [0.05, 0.1) is 5.92 Å².